The van der Waals surface area contributed by atoms with Crippen LogP contribution >= 0.6 is 11.3 Å². The molecule has 1 saturated heterocycles. The molecule has 2 heterocycles. The summed E-state index contributed by atoms with van der Waals surface area (Å²) in [7, 11) is 1.96. The van der Waals surface area contributed by atoms with Crippen LogP contribution in [0.25, 0.3) is 10.1 Å². The van der Waals surface area contributed by atoms with Gasteiger partial charge < -0.3 is 10.2 Å². The molecule has 0 spiro atoms. The lowest BCUT2D eigenvalue weighted by molar-refractivity contribution is -0.384. The summed E-state index contributed by atoms with van der Waals surface area (Å²) < 4.78 is 0.910. The summed E-state index contributed by atoms with van der Waals surface area (Å²) >= 11 is 1.41. The molecule has 1 aromatic carbocycles. The normalized spacial score (nSPS) is 15.8. The maximum atomic E-state index is 12.7. The van der Waals surface area contributed by atoms with Crippen LogP contribution in [0.15, 0.2) is 24.3 Å². The van der Waals surface area contributed by atoms with Crippen LogP contribution < -0.4 is 5.32 Å². The van der Waals surface area contributed by atoms with E-state index in [-0.39, 0.29) is 11.6 Å². The number of carbonyl (C=O) groups is 1. The van der Waals surface area contributed by atoms with Crippen LogP contribution in [-0.4, -0.2) is 42.4 Å². The third-order valence-electron chi connectivity index (χ3n) is 4.63. The van der Waals surface area contributed by atoms with E-state index in [1.807, 2.05) is 11.9 Å². The molecule has 1 aromatic heterocycles. The molecule has 0 saturated carbocycles. The molecule has 3 rings (SSSR count). The minimum absolute atomic E-state index is 0.0471. The molecule has 1 fully saturated rings. The monoisotopic (exact) mass is 347 g/mol. The topological polar surface area (TPSA) is 75.5 Å². The van der Waals surface area contributed by atoms with Gasteiger partial charge in [0.1, 0.15) is 0 Å². The first kappa shape index (κ1) is 16.9. The number of benzene rings is 1. The van der Waals surface area contributed by atoms with Crippen molar-refractivity contribution in [3.63, 3.8) is 0 Å². The molecule has 1 amide bonds. The van der Waals surface area contributed by atoms with Crippen molar-refractivity contribution in [2.75, 3.05) is 26.7 Å². The Hall–Kier alpha value is -1.99. The smallest absolute Gasteiger partial charge is 0.270 e. The fourth-order valence-corrected chi connectivity index (χ4v) is 4.19. The van der Waals surface area contributed by atoms with Gasteiger partial charge in [-0.05, 0) is 50.9 Å². The van der Waals surface area contributed by atoms with E-state index in [1.54, 1.807) is 12.1 Å². The molecule has 0 atom stereocenters. The zero-order valence-corrected chi connectivity index (χ0v) is 14.5. The van der Waals surface area contributed by atoms with Gasteiger partial charge in [-0.3, -0.25) is 14.9 Å². The number of non-ortho nitro benzene ring substituents is 1. The van der Waals surface area contributed by atoms with Crippen LogP contribution in [0.4, 0.5) is 5.69 Å². The standard InChI is InChI=1S/C17H21N3O3S/c1-18-7-4-12-5-8-19(9-6-12)17(21)16-11-13-10-14(20(22)23)2-3-15(13)24-16/h2-3,10-12,18H,4-9H2,1H3. The van der Waals surface area contributed by atoms with Gasteiger partial charge in [-0.2, -0.15) is 0 Å². The molecule has 0 bridgehead atoms. The van der Waals surface area contributed by atoms with Crippen LogP contribution in [0.1, 0.15) is 28.9 Å². The van der Waals surface area contributed by atoms with E-state index in [4.69, 9.17) is 0 Å². The fraction of sp³-hybridized carbons (Fsp3) is 0.471. The van der Waals surface area contributed by atoms with Crippen molar-refractivity contribution in [2.45, 2.75) is 19.3 Å². The lowest BCUT2D eigenvalue weighted by atomic mass is 9.93. The largest absolute Gasteiger partial charge is 0.338 e. The van der Waals surface area contributed by atoms with Gasteiger partial charge in [0.2, 0.25) is 0 Å². The van der Waals surface area contributed by atoms with Crippen molar-refractivity contribution in [1.82, 2.24) is 10.2 Å². The van der Waals surface area contributed by atoms with Crippen molar-refractivity contribution >= 4 is 33.0 Å². The van der Waals surface area contributed by atoms with E-state index in [1.165, 1.54) is 23.5 Å². The number of nitrogens with one attached hydrogen (secondary N) is 1. The molecule has 2 aromatic rings. The number of piperidine rings is 1. The Morgan fingerprint density at radius 3 is 2.79 bits per heavy atom. The summed E-state index contributed by atoms with van der Waals surface area (Å²) in [6.45, 7) is 2.61. The van der Waals surface area contributed by atoms with Gasteiger partial charge in [-0.15, -0.1) is 11.3 Å². The first-order valence-electron chi connectivity index (χ1n) is 8.20. The van der Waals surface area contributed by atoms with E-state index >= 15 is 0 Å². The summed E-state index contributed by atoms with van der Waals surface area (Å²) in [6.07, 6.45) is 3.25. The molecule has 7 heteroatoms. The van der Waals surface area contributed by atoms with E-state index < -0.39 is 4.92 Å². The van der Waals surface area contributed by atoms with Gasteiger partial charge in [0.05, 0.1) is 9.80 Å². The van der Waals surface area contributed by atoms with Crippen molar-refractivity contribution < 1.29 is 9.72 Å². The second kappa shape index (κ2) is 7.27. The summed E-state index contributed by atoms with van der Waals surface area (Å²) in [5, 5.41) is 14.8. The summed E-state index contributed by atoms with van der Waals surface area (Å²) in [5.41, 5.74) is 0.0599. The van der Waals surface area contributed by atoms with Gasteiger partial charge in [0.15, 0.2) is 0 Å². The number of nitrogens with zero attached hydrogens (tertiary/aromatic N) is 2. The minimum Gasteiger partial charge on any atom is -0.338 e. The highest BCUT2D eigenvalue weighted by atomic mass is 32.1. The van der Waals surface area contributed by atoms with Crippen LogP contribution in [0.2, 0.25) is 0 Å². The SMILES string of the molecule is CNCCC1CCN(C(=O)c2cc3cc([N+](=O)[O-])ccc3s2)CC1. The quantitative estimate of drug-likeness (QED) is 0.665. The van der Waals surface area contributed by atoms with Gasteiger partial charge >= 0.3 is 0 Å². The van der Waals surface area contributed by atoms with Gasteiger partial charge in [-0.1, -0.05) is 0 Å². The molecule has 1 aliphatic heterocycles. The Morgan fingerprint density at radius 2 is 2.12 bits per heavy atom. The Labute approximate surface area is 144 Å². The number of likely N-dealkylation sites (tertiary alicyclic amines) is 1. The Bertz CT molecular complexity index is 751. The van der Waals surface area contributed by atoms with Gasteiger partial charge in [-0.25, -0.2) is 0 Å². The maximum Gasteiger partial charge on any atom is 0.270 e. The van der Waals surface area contributed by atoms with Crippen LogP contribution in [0, 0.1) is 16.0 Å². The molecule has 1 N–H and O–H groups in total. The van der Waals surface area contributed by atoms with Crippen LogP contribution in [0.3, 0.4) is 0 Å². The highest BCUT2D eigenvalue weighted by molar-refractivity contribution is 7.20. The number of carbonyl (C=O) groups excluding carboxylic acids is 1. The zero-order valence-electron chi connectivity index (χ0n) is 13.7. The van der Waals surface area contributed by atoms with E-state index in [0.29, 0.717) is 10.8 Å². The number of fused-ring (bicyclic) bond motifs is 1. The lowest BCUT2D eigenvalue weighted by Crippen LogP contribution is -2.38. The summed E-state index contributed by atoms with van der Waals surface area (Å²) in [6, 6.07) is 6.52. The third kappa shape index (κ3) is 3.57. The van der Waals surface area contributed by atoms with E-state index in [0.717, 1.165) is 49.0 Å². The number of hydrogen-bond acceptors (Lipinski definition) is 5. The summed E-state index contributed by atoms with van der Waals surface area (Å²) in [5.74, 6) is 0.734. The van der Waals surface area contributed by atoms with Crippen LogP contribution in [0.5, 0.6) is 0 Å². The zero-order chi connectivity index (χ0) is 17.1. The first-order valence-corrected chi connectivity index (χ1v) is 9.02. The fourth-order valence-electron chi connectivity index (χ4n) is 3.18. The van der Waals surface area contributed by atoms with Crippen molar-refractivity contribution in [1.29, 1.82) is 0 Å². The second-order valence-electron chi connectivity index (χ2n) is 6.22. The van der Waals surface area contributed by atoms with Crippen molar-refractivity contribution in [3.8, 4) is 0 Å². The highest BCUT2D eigenvalue weighted by Gasteiger charge is 2.24. The number of thiophene rings is 1. The van der Waals surface area contributed by atoms with Gasteiger partial charge in [0.25, 0.3) is 11.6 Å². The summed E-state index contributed by atoms with van der Waals surface area (Å²) in [4.78, 5) is 25.7. The number of rotatable bonds is 5. The molecular formula is C17H21N3O3S. The maximum absolute atomic E-state index is 12.7. The van der Waals surface area contributed by atoms with E-state index in [2.05, 4.69) is 5.32 Å². The van der Waals surface area contributed by atoms with Crippen molar-refractivity contribution in [3.05, 3.63) is 39.3 Å². The predicted octanol–water partition coefficient (Wildman–Crippen LogP) is 3.27. The number of nitro benzene ring substituents is 1. The first-order chi connectivity index (χ1) is 11.6. The molecule has 6 nitrogen and oxygen atoms in total. The molecule has 0 aliphatic carbocycles. The second-order valence-corrected chi connectivity index (χ2v) is 7.30. The molecule has 0 radical (unpaired) electrons. The molecule has 1 aliphatic rings. The molecule has 128 valence electrons. The Kier molecular flexibility index (Phi) is 5.11. The van der Waals surface area contributed by atoms with Crippen LogP contribution in [-0.2, 0) is 0 Å². The average molecular weight is 347 g/mol. The molecule has 0 unspecified atom stereocenters. The molecule has 24 heavy (non-hydrogen) atoms. The molecular weight excluding hydrogens is 326 g/mol. The lowest BCUT2D eigenvalue weighted by Gasteiger charge is -2.31. The average Bonchev–Trinajstić information content (AvgIpc) is 3.02. The van der Waals surface area contributed by atoms with E-state index in [9.17, 15) is 14.9 Å². The Balaban J connectivity index is 1.69. The predicted molar refractivity (Wildman–Crippen MR) is 95.7 cm³/mol. The number of amides is 1. The third-order valence-corrected chi connectivity index (χ3v) is 5.73. The number of hydrogen-bond donors (Lipinski definition) is 1. The Morgan fingerprint density at radius 1 is 1.38 bits per heavy atom. The highest BCUT2D eigenvalue weighted by Crippen LogP contribution is 2.30. The van der Waals surface area contributed by atoms with Crippen molar-refractivity contribution in [2.24, 2.45) is 5.92 Å². The number of nitro groups is 1. The minimum atomic E-state index is -0.408. The van der Waals surface area contributed by atoms with Gasteiger partial charge in [0, 0.05) is 35.3 Å².